The number of rotatable bonds is 7. The van der Waals surface area contributed by atoms with Crippen LogP contribution >= 0.6 is 0 Å². The summed E-state index contributed by atoms with van der Waals surface area (Å²) < 4.78 is 17.7. The standard InChI is InChI=1S/C23H23N3O5/c1-3-29-22(27)20-11-18-19(31-20)10-9-17-12-24-26(21(17)18)13-15(2)25-23(28)30-14-16-7-5-4-6-8-16/h4-12,15H,3,13-14H2,1-2H3,(H,25,28). The molecule has 8 nitrogen and oxygen atoms in total. The molecule has 0 fully saturated rings. The number of nitrogens with zero attached hydrogens (tertiary/aromatic N) is 2. The Morgan fingerprint density at radius 3 is 2.74 bits per heavy atom. The van der Waals surface area contributed by atoms with Gasteiger partial charge in [-0.25, -0.2) is 9.59 Å². The van der Waals surface area contributed by atoms with Crippen molar-refractivity contribution >= 4 is 33.9 Å². The first-order chi connectivity index (χ1) is 15.0. The molecule has 0 saturated heterocycles. The minimum atomic E-state index is -0.505. The first-order valence-corrected chi connectivity index (χ1v) is 10.1. The van der Waals surface area contributed by atoms with Crippen LogP contribution in [0.5, 0.6) is 0 Å². The van der Waals surface area contributed by atoms with Gasteiger partial charge in [0, 0.05) is 22.9 Å². The van der Waals surface area contributed by atoms with Gasteiger partial charge in [-0.3, -0.25) is 4.68 Å². The topological polar surface area (TPSA) is 95.6 Å². The van der Waals surface area contributed by atoms with Crippen molar-refractivity contribution in [3.63, 3.8) is 0 Å². The summed E-state index contributed by atoms with van der Waals surface area (Å²) in [5.41, 5.74) is 2.31. The molecule has 2 aromatic heterocycles. The van der Waals surface area contributed by atoms with E-state index in [-0.39, 0.29) is 25.0 Å². The largest absolute Gasteiger partial charge is 0.460 e. The van der Waals surface area contributed by atoms with Crippen molar-refractivity contribution in [2.45, 2.75) is 33.0 Å². The van der Waals surface area contributed by atoms with Gasteiger partial charge in [-0.1, -0.05) is 30.3 Å². The fourth-order valence-corrected chi connectivity index (χ4v) is 3.41. The lowest BCUT2D eigenvalue weighted by molar-refractivity contribution is 0.0492. The molecule has 4 aromatic rings. The summed E-state index contributed by atoms with van der Waals surface area (Å²) in [5.74, 6) is -0.359. The first-order valence-electron chi connectivity index (χ1n) is 10.1. The molecule has 1 unspecified atom stereocenters. The van der Waals surface area contributed by atoms with Gasteiger partial charge in [-0.05, 0) is 31.5 Å². The Labute approximate surface area is 178 Å². The molecule has 31 heavy (non-hydrogen) atoms. The van der Waals surface area contributed by atoms with Crippen molar-refractivity contribution in [3.05, 3.63) is 66.1 Å². The third-order valence-corrected chi connectivity index (χ3v) is 4.80. The van der Waals surface area contributed by atoms with E-state index in [0.717, 1.165) is 21.9 Å². The maximum absolute atomic E-state index is 12.1. The number of amides is 1. The summed E-state index contributed by atoms with van der Waals surface area (Å²) in [7, 11) is 0. The molecule has 2 heterocycles. The molecule has 0 bridgehead atoms. The smallest absolute Gasteiger partial charge is 0.407 e. The molecule has 0 radical (unpaired) electrons. The van der Waals surface area contributed by atoms with Crippen molar-refractivity contribution in [2.75, 3.05) is 6.61 Å². The molecule has 1 atom stereocenters. The number of carbonyl (C=O) groups is 2. The minimum Gasteiger partial charge on any atom is -0.460 e. The zero-order chi connectivity index (χ0) is 21.8. The second-order valence-electron chi connectivity index (χ2n) is 7.18. The molecule has 2 aromatic carbocycles. The van der Waals surface area contributed by atoms with Gasteiger partial charge in [-0.2, -0.15) is 5.10 Å². The molecule has 4 rings (SSSR count). The lowest BCUT2D eigenvalue weighted by Crippen LogP contribution is -2.36. The number of nitrogens with one attached hydrogen (secondary N) is 1. The molecule has 0 aliphatic heterocycles. The summed E-state index contributed by atoms with van der Waals surface area (Å²) in [6.45, 7) is 4.51. The van der Waals surface area contributed by atoms with Gasteiger partial charge < -0.3 is 19.2 Å². The SMILES string of the molecule is CCOC(=O)c1cc2c(ccc3cnn(CC(C)NC(=O)OCc4ccccc4)c32)o1. The minimum absolute atomic E-state index is 0.146. The predicted octanol–water partition coefficient (Wildman–Crippen LogP) is 4.27. The molecule has 8 heteroatoms. The molecule has 0 spiro atoms. The van der Waals surface area contributed by atoms with Crippen molar-refractivity contribution in [2.24, 2.45) is 0 Å². The van der Waals surface area contributed by atoms with Gasteiger partial charge in [0.1, 0.15) is 12.2 Å². The highest BCUT2D eigenvalue weighted by molar-refractivity contribution is 6.06. The average molecular weight is 421 g/mol. The molecule has 1 N–H and O–H groups in total. The number of furan rings is 1. The van der Waals surface area contributed by atoms with Gasteiger partial charge in [-0.15, -0.1) is 0 Å². The number of carbonyl (C=O) groups excluding carboxylic acids is 2. The van der Waals surface area contributed by atoms with Crippen LogP contribution in [0.2, 0.25) is 0 Å². The summed E-state index contributed by atoms with van der Waals surface area (Å²) in [5, 5.41) is 8.93. The number of hydrogen-bond acceptors (Lipinski definition) is 6. The summed E-state index contributed by atoms with van der Waals surface area (Å²) in [6.07, 6.45) is 1.25. The molecular weight excluding hydrogens is 398 g/mol. The van der Waals surface area contributed by atoms with Crippen LogP contribution in [0.3, 0.4) is 0 Å². The highest BCUT2D eigenvalue weighted by Crippen LogP contribution is 2.28. The highest BCUT2D eigenvalue weighted by atomic mass is 16.5. The van der Waals surface area contributed by atoms with Crippen molar-refractivity contribution < 1.29 is 23.5 Å². The van der Waals surface area contributed by atoms with Crippen molar-refractivity contribution in [3.8, 4) is 0 Å². The lowest BCUT2D eigenvalue weighted by atomic mass is 10.2. The molecule has 160 valence electrons. The number of ether oxygens (including phenoxy) is 2. The zero-order valence-corrected chi connectivity index (χ0v) is 17.3. The number of hydrogen-bond donors (Lipinski definition) is 1. The van der Waals surface area contributed by atoms with Gasteiger partial charge in [0.2, 0.25) is 5.76 Å². The fourth-order valence-electron chi connectivity index (χ4n) is 3.41. The Morgan fingerprint density at radius 1 is 1.16 bits per heavy atom. The predicted molar refractivity (Wildman–Crippen MR) is 115 cm³/mol. The van der Waals surface area contributed by atoms with Crippen molar-refractivity contribution in [1.82, 2.24) is 15.1 Å². The first kappa shape index (κ1) is 20.5. The summed E-state index contributed by atoms with van der Waals surface area (Å²) in [6, 6.07) is 14.6. The molecule has 1 amide bonds. The number of benzene rings is 2. The van der Waals surface area contributed by atoms with Crippen LogP contribution in [0.15, 0.2) is 59.1 Å². The van der Waals surface area contributed by atoms with Crippen LogP contribution in [0, 0.1) is 0 Å². The maximum atomic E-state index is 12.1. The number of aromatic nitrogens is 2. The molecule has 0 aliphatic carbocycles. The van der Waals surface area contributed by atoms with Crippen LogP contribution in [0.25, 0.3) is 21.9 Å². The van der Waals surface area contributed by atoms with Crippen LogP contribution in [0.1, 0.15) is 30.0 Å². The lowest BCUT2D eigenvalue weighted by Gasteiger charge is -2.15. The van der Waals surface area contributed by atoms with E-state index < -0.39 is 12.1 Å². The highest BCUT2D eigenvalue weighted by Gasteiger charge is 2.18. The second-order valence-corrected chi connectivity index (χ2v) is 7.18. The molecule has 0 aliphatic rings. The van der Waals surface area contributed by atoms with Crippen LogP contribution in [-0.4, -0.2) is 34.5 Å². The van der Waals surface area contributed by atoms with Gasteiger partial charge >= 0.3 is 12.1 Å². The molecule has 0 saturated carbocycles. The quantitative estimate of drug-likeness (QED) is 0.448. The Balaban J connectivity index is 1.48. The number of fused-ring (bicyclic) bond motifs is 3. The van der Waals surface area contributed by atoms with Gasteiger partial charge in [0.05, 0.1) is 24.9 Å². The van der Waals surface area contributed by atoms with Crippen LogP contribution < -0.4 is 5.32 Å². The fraction of sp³-hybridized carbons (Fsp3) is 0.261. The Hall–Kier alpha value is -3.81. The summed E-state index contributed by atoms with van der Waals surface area (Å²) in [4.78, 5) is 24.2. The van der Waals surface area contributed by atoms with Gasteiger partial charge in [0.15, 0.2) is 0 Å². The van der Waals surface area contributed by atoms with E-state index >= 15 is 0 Å². The third-order valence-electron chi connectivity index (χ3n) is 4.80. The van der Waals surface area contributed by atoms with Gasteiger partial charge in [0.25, 0.3) is 0 Å². The Kier molecular flexibility index (Phi) is 5.88. The van der Waals surface area contributed by atoms with E-state index in [2.05, 4.69) is 10.4 Å². The average Bonchev–Trinajstić information content (AvgIpc) is 3.37. The summed E-state index contributed by atoms with van der Waals surface area (Å²) >= 11 is 0. The van der Waals surface area contributed by atoms with E-state index in [4.69, 9.17) is 13.9 Å². The van der Waals surface area contributed by atoms with Crippen LogP contribution in [0.4, 0.5) is 4.79 Å². The van der Waals surface area contributed by atoms with E-state index in [1.807, 2.05) is 43.3 Å². The second kappa shape index (κ2) is 8.91. The maximum Gasteiger partial charge on any atom is 0.407 e. The molecular formula is C23H23N3O5. The van der Waals surface area contributed by atoms with E-state index in [0.29, 0.717) is 12.1 Å². The Bertz CT molecular complexity index is 1210. The third kappa shape index (κ3) is 4.53. The monoisotopic (exact) mass is 421 g/mol. The van der Waals surface area contributed by atoms with E-state index in [1.54, 1.807) is 29.9 Å². The number of alkyl carbamates (subject to hydrolysis) is 1. The van der Waals surface area contributed by atoms with E-state index in [1.165, 1.54) is 0 Å². The zero-order valence-electron chi connectivity index (χ0n) is 17.3. The normalized spacial score (nSPS) is 12.1. The number of esters is 1. The Morgan fingerprint density at radius 2 is 1.97 bits per heavy atom. The van der Waals surface area contributed by atoms with Crippen LogP contribution in [-0.2, 0) is 22.6 Å². The van der Waals surface area contributed by atoms with Crippen molar-refractivity contribution in [1.29, 1.82) is 0 Å². The van der Waals surface area contributed by atoms with E-state index in [9.17, 15) is 9.59 Å².